The van der Waals surface area contributed by atoms with Gasteiger partial charge in [-0.2, -0.15) is 0 Å². The summed E-state index contributed by atoms with van der Waals surface area (Å²) in [7, 11) is 0. The lowest BCUT2D eigenvalue weighted by atomic mass is 9.41. The third kappa shape index (κ3) is 3.55. The number of fused-ring (bicyclic) bond motifs is 5. The summed E-state index contributed by atoms with van der Waals surface area (Å²) in [6.07, 6.45) is 13.2. The Hall–Kier alpha value is -1.22. The van der Waals surface area contributed by atoms with Gasteiger partial charge in [-0.25, -0.2) is 0 Å². The summed E-state index contributed by atoms with van der Waals surface area (Å²) in [5.41, 5.74) is 0.201. The van der Waals surface area contributed by atoms with Crippen LogP contribution in [0.4, 0.5) is 0 Å². The van der Waals surface area contributed by atoms with Crippen molar-refractivity contribution >= 4 is 11.6 Å². The number of aliphatic hydroxyl groups is 1. The maximum Gasteiger partial charge on any atom is 0.160 e. The van der Waals surface area contributed by atoms with Gasteiger partial charge in [0.25, 0.3) is 0 Å². The fourth-order valence-electron chi connectivity index (χ4n) is 9.10. The minimum atomic E-state index is -0.764. The molecule has 3 fully saturated rings. The van der Waals surface area contributed by atoms with Crippen LogP contribution in [0.15, 0.2) is 23.8 Å². The van der Waals surface area contributed by atoms with Crippen LogP contribution in [0.2, 0.25) is 0 Å². The summed E-state index contributed by atoms with van der Waals surface area (Å²) in [6, 6.07) is 0. The van der Waals surface area contributed by atoms with Crippen molar-refractivity contribution in [3.8, 4) is 0 Å². The lowest BCUT2D eigenvalue weighted by Crippen LogP contribution is -2.59. The molecule has 0 heterocycles. The van der Waals surface area contributed by atoms with Crippen LogP contribution in [-0.4, -0.2) is 22.3 Å². The SMILES string of the molecule is C[C@@H](C/C=C/C(C)(C)O)[C@@H]1CC[C@]2(C)C3=CC(=O)[C@H]4C(C)(C)C(=O)CC[C@]4(C)[C@H]3CC[C@@]12C. The largest absolute Gasteiger partial charge is 0.386 e. The van der Waals surface area contributed by atoms with E-state index in [1.54, 1.807) is 0 Å². The number of hydrogen-bond acceptors (Lipinski definition) is 3. The van der Waals surface area contributed by atoms with Gasteiger partial charge in [0.15, 0.2) is 5.78 Å². The quantitative estimate of drug-likeness (QED) is 0.481. The van der Waals surface area contributed by atoms with E-state index >= 15 is 0 Å². The number of Topliss-reactive ketones (excluding diaryl/α,β-unsaturated/α-hetero) is 1. The van der Waals surface area contributed by atoms with E-state index in [2.05, 4.69) is 33.8 Å². The predicted molar refractivity (Wildman–Crippen MR) is 134 cm³/mol. The monoisotopic (exact) mass is 454 g/mol. The number of carbonyl (C=O) groups is 2. The van der Waals surface area contributed by atoms with Crippen LogP contribution in [0, 0.1) is 45.3 Å². The van der Waals surface area contributed by atoms with E-state index in [1.165, 1.54) is 18.4 Å². The molecular formula is C30H46O3. The zero-order valence-corrected chi connectivity index (χ0v) is 22.3. The molecule has 0 unspecified atom stereocenters. The highest BCUT2D eigenvalue weighted by Crippen LogP contribution is 2.72. The van der Waals surface area contributed by atoms with Crippen molar-refractivity contribution < 1.29 is 14.7 Å². The molecule has 4 aliphatic carbocycles. The van der Waals surface area contributed by atoms with Gasteiger partial charge in [0.1, 0.15) is 5.78 Å². The second-order valence-corrected chi connectivity index (χ2v) is 13.8. The highest BCUT2D eigenvalue weighted by Gasteiger charge is 2.66. The van der Waals surface area contributed by atoms with Gasteiger partial charge in [0.2, 0.25) is 0 Å². The molecule has 1 N–H and O–H groups in total. The Morgan fingerprint density at radius 3 is 2.39 bits per heavy atom. The number of ketones is 2. The summed E-state index contributed by atoms with van der Waals surface area (Å²) < 4.78 is 0. The highest BCUT2D eigenvalue weighted by molar-refractivity contribution is 6.00. The topological polar surface area (TPSA) is 54.4 Å². The zero-order valence-electron chi connectivity index (χ0n) is 22.3. The molecule has 33 heavy (non-hydrogen) atoms. The Bertz CT molecular complexity index is 902. The molecule has 4 rings (SSSR count). The molecule has 0 aromatic carbocycles. The fraction of sp³-hybridized carbons (Fsp3) is 0.800. The first-order valence-corrected chi connectivity index (χ1v) is 13.3. The molecule has 184 valence electrons. The molecule has 3 heteroatoms. The minimum Gasteiger partial charge on any atom is -0.386 e. The van der Waals surface area contributed by atoms with E-state index in [1.807, 2.05) is 39.8 Å². The van der Waals surface area contributed by atoms with Crippen molar-refractivity contribution in [2.75, 3.05) is 0 Å². The standard InChI is InChI=1S/C30H46O3/c1-19(10-9-14-26(2,3)33)20-11-16-30(8)22-18-23(31)25-27(4,5)24(32)13-15-28(25,6)21(22)12-17-29(20,30)7/h9,14,18-21,25,33H,10-13,15-17H2,1-8H3/b14-9+/t19-,20-,21-,25-,28+,29-,30+/m0/s1. The van der Waals surface area contributed by atoms with Gasteiger partial charge in [-0.3, -0.25) is 9.59 Å². The van der Waals surface area contributed by atoms with Gasteiger partial charge >= 0.3 is 0 Å². The molecule has 0 spiro atoms. The second kappa shape index (κ2) is 7.64. The molecule has 4 aliphatic rings. The lowest BCUT2D eigenvalue weighted by molar-refractivity contribution is -0.155. The van der Waals surface area contributed by atoms with E-state index in [0.717, 1.165) is 25.7 Å². The normalized spacial score (nSPS) is 43.7. The van der Waals surface area contributed by atoms with Crippen molar-refractivity contribution in [2.45, 2.75) is 106 Å². The summed E-state index contributed by atoms with van der Waals surface area (Å²) in [5, 5.41) is 10.1. The lowest BCUT2D eigenvalue weighted by Gasteiger charge is -2.62. The summed E-state index contributed by atoms with van der Waals surface area (Å²) in [4.78, 5) is 26.5. The van der Waals surface area contributed by atoms with Crippen LogP contribution in [0.5, 0.6) is 0 Å². The third-order valence-corrected chi connectivity index (χ3v) is 11.1. The first-order chi connectivity index (χ1) is 15.1. The molecule has 0 aliphatic heterocycles. The van der Waals surface area contributed by atoms with E-state index < -0.39 is 11.0 Å². The van der Waals surface area contributed by atoms with Gasteiger partial charge in [0.05, 0.1) is 5.60 Å². The Balaban J connectivity index is 1.67. The summed E-state index contributed by atoms with van der Waals surface area (Å²) in [6.45, 7) is 17.3. The molecule has 0 aromatic rings. The molecule has 7 atom stereocenters. The van der Waals surface area contributed by atoms with Gasteiger partial charge in [0, 0.05) is 17.8 Å². The van der Waals surface area contributed by atoms with Crippen LogP contribution in [0.25, 0.3) is 0 Å². The molecule has 3 saturated carbocycles. The number of hydrogen-bond donors (Lipinski definition) is 1. The van der Waals surface area contributed by atoms with E-state index in [9.17, 15) is 14.7 Å². The van der Waals surface area contributed by atoms with Crippen molar-refractivity contribution in [1.29, 1.82) is 0 Å². The molecule has 0 amide bonds. The maximum absolute atomic E-state index is 13.7. The average Bonchev–Trinajstić information content (AvgIpc) is 2.96. The van der Waals surface area contributed by atoms with E-state index in [-0.39, 0.29) is 33.7 Å². The Morgan fingerprint density at radius 2 is 1.76 bits per heavy atom. The van der Waals surface area contributed by atoms with Gasteiger partial charge in [-0.1, -0.05) is 59.3 Å². The van der Waals surface area contributed by atoms with E-state index in [4.69, 9.17) is 0 Å². The second-order valence-electron chi connectivity index (χ2n) is 13.8. The number of carbonyl (C=O) groups excluding carboxylic acids is 2. The van der Waals surface area contributed by atoms with Crippen molar-refractivity contribution in [1.82, 2.24) is 0 Å². The van der Waals surface area contributed by atoms with Crippen LogP contribution in [-0.2, 0) is 9.59 Å². The third-order valence-electron chi connectivity index (χ3n) is 11.1. The Morgan fingerprint density at radius 1 is 1.09 bits per heavy atom. The van der Waals surface area contributed by atoms with Crippen LogP contribution < -0.4 is 0 Å². The van der Waals surface area contributed by atoms with Gasteiger partial charge in [-0.15, -0.1) is 0 Å². The Kier molecular flexibility index (Phi) is 5.76. The van der Waals surface area contributed by atoms with Crippen molar-refractivity contribution in [3.05, 3.63) is 23.8 Å². The summed E-state index contributed by atoms with van der Waals surface area (Å²) in [5.74, 6) is 1.85. The Labute approximate surface area is 201 Å². The smallest absolute Gasteiger partial charge is 0.160 e. The predicted octanol–water partition coefficient (Wildman–Crippen LogP) is 6.69. The van der Waals surface area contributed by atoms with E-state index in [0.29, 0.717) is 24.2 Å². The van der Waals surface area contributed by atoms with Gasteiger partial charge in [-0.05, 0) is 92.4 Å². The van der Waals surface area contributed by atoms with Gasteiger partial charge < -0.3 is 5.11 Å². The molecule has 0 radical (unpaired) electrons. The van der Waals surface area contributed by atoms with Crippen molar-refractivity contribution in [3.63, 3.8) is 0 Å². The highest BCUT2D eigenvalue weighted by atomic mass is 16.3. The number of rotatable bonds is 4. The molecule has 0 aromatic heterocycles. The first-order valence-electron chi connectivity index (χ1n) is 13.3. The first kappa shape index (κ1) is 24.9. The van der Waals surface area contributed by atoms with Crippen molar-refractivity contribution in [2.24, 2.45) is 45.3 Å². The van der Waals surface area contributed by atoms with Crippen LogP contribution in [0.1, 0.15) is 100 Å². The number of allylic oxidation sites excluding steroid dienone is 3. The van der Waals surface area contributed by atoms with Crippen LogP contribution >= 0.6 is 0 Å². The maximum atomic E-state index is 13.7. The zero-order chi connectivity index (χ0) is 24.6. The van der Waals surface area contributed by atoms with Crippen LogP contribution in [0.3, 0.4) is 0 Å². The average molecular weight is 455 g/mol. The fourth-order valence-corrected chi connectivity index (χ4v) is 9.10. The molecule has 3 nitrogen and oxygen atoms in total. The summed E-state index contributed by atoms with van der Waals surface area (Å²) >= 11 is 0. The molecule has 0 saturated heterocycles. The molecular weight excluding hydrogens is 408 g/mol. The molecule has 0 bridgehead atoms. The minimum absolute atomic E-state index is 0.0457.